The Kier molecular flexibility index (Phi) is 5.91. The molecule has 1 atom stereocenters. The SMILES string of the molecule is COCCC(CO)NC(=O)c1ccc(O)c(Cl)c1. The quantitative estimate of drug-likeness (QED) is 0.727. The number of aliphatic hydroxyl groups excluding tert-OH is 1. The third-order valence-electron chi connectivity index (χ3n) is 2.44. The molecule has 100 valence electrons. The van der Waals surface area contributed by atoms with Gasteiger partial charge in [-0.15, -0.1) is 0 Å². The number of rotatable bonds is 6. The number of benzene rings is 1. The zero-order valence-electron chi connectivity index (χ0n) is 10.0. The number of amides is 1. The highest BCUT2D eigenvalue weighted by Crippen LogP contribution is 2.23. The number of carbonyl (C=O) groups excluding carboxylic acids is 1. The Labute approximate surface area is 110 Å². The normalized spacial score (nSPS) is 12.2. The minimum atomic E-state index is -0.370. The lowest BCUT2D eigenvalue weighted by molar-refractivity contribution is 0.0895. The maximum atomic E-state index is 11.8. The summed E-state index contributed by atoms with van der Waals surface area (Å²) >= 11 is 5.71. The third kappa shape index (κ3) is 4.18. The van der Waals surface area contributed by atoms with Crippen molar-refractivity contribution in [3.05, 3.63) is 28.8 Å². The average molecular weight is 274 g/mol. The molecule has 0 aliphatic heterocycles. The van der Waals surface area contributed by atoms with Crippen LogP contribution in [0.25, 0.3) is 0 Å². The number of aromatic hydroxyl groups is 1. The van der Waals surface area contributed by atoms with Crippen LogP contribution in [0.3, 0.4) is 0 Å². The predicted octanol–water partition coefficient (Wildman–Crippen LogP) is 1.17. The Morgan fingerprint density at radius 2 is 2.28 bits per heavy atom. The van der Waals surface area contributed by atoms with Crippen LogP contribution < -0.4 is 5.32 Å². The van der Waals surface area contributed by atoms with Gasteiger partial charge >= 0.3 is 0 Å². The first-order valence-electron chi connectivity index (χ1n) is 5.47. The molecule has 1 aromatic carbocycles. The summed E-state index contributed by atoms with van der Waals surface area (Å²) in [5, 5.41) is 21.1. The Hall–Kier alpha value is -1.30. The molecule has 0 aliphatic rings. The summed E-state index contributed by atoms with van der Waals surface area (Å²) in [6, 6.07) is 3.81. The highest BCUT2D eigenvalue weighted by atomic mass is 35.5. The van der Waals surface area contributed by atoms with Crippen LogP contribution in [0.2, 0.25) is 5.02 Å². The van der Waals surface area contributed by atoms with E-state index in [-0.39, 0.29) is 29.3 Å². The third-order valence-corrected chi connectivity index (χ3v) is 2.74. The molecule has 0 heterocycles. The first kappa shape index (κ1) is 14.8. The molecule has 0 aromatic heterocycles. The Morgan fingerprint density at radius 1 is 1.56 bits per heavy atom. The van der Waals surface area contributed by atoms with Crippen molar-refractivity contribution in [3.8, 4) is 5.75 Å². The number of hydrogen-bond donors (Lipinski definition) is 3. The summed E-state index contributed by atoms with van der Waals surface area (Å²) in [6.07, 6.45) is 0.518. The van der Waals surface area contributed by atoms with Gasteiger partial charge in [-0.05, 0) is 24.6 Å². The fraction of sp³-hybridized carbons (Fsp3) is 0.417. The minimum Gasteiger partial charge on any atom is -0.506 e. The van der Waals surface area contributed by atoms with Crippen LogP contribution in [-0.2, 0) is 4.74 Å². The number of ether oxygens (including phenoxy) is 1. The Morgan fingerprint density at radius 3 is 2.83 bits per heavy atom. The van der Waals surface area contributed by atoms with E-state index in [9.17, 15) is 9.90 Å². The molecule has 1 amide bonds. The van der Waals surface area contributed by atoms with E-state index in [0.29, 0.717) is 18.6 Å². The molecule has 0 aliphatic carbocycles. The second kappa shape index (κ2) is 7.20. The molecule has 0 spiro atoms. The Bertz CT molecular complexity index is 411. The van der Waals surface area contributed by atoms with Crippen molar-refractivity contribution in [3.63, 3.8) is 0 Å². The summed E-state index contributed by atoms with van der Waals surface area (Å²) in [5.41, 5.74) is 0.327. The van der Waals surface area contributed by atoms with Crippen molar-refractivity contribution >= 4 is 17.5 Å². The molecule has 18 heavy (non-hydrogen) atoms. The first-order chi connectivity index (χ1) is 8.58. The average Bonchev–Trinajstić information content (AvgIpc) is 2.37. The summed E-state index contributed by atoms with van der Waals surface area (Å²) in [6.45, 7) is 0.281. The van der Waals surface area contributed by atoms with E-state index in [2.05, 4.69) is 5.32 Å². The van der Waals surface area contributed by atoms with Gasteiger partial charge in [0.25, 0.3) is 5.91 Å². The van der Waals surface area contributed by atoms with Gasteiger partial charge in [-0.1, -0.05) is 11.6 Å². The number of nitrogens with one attached hydrogen (secondary N) is 1. The van der Waals surface area contributed by atoms with Gasteiger partial charge in [0, 0.05) is 19.3 Å². The topological polar surface area (TPSA) is 78.8 Å². The van der Waals surface area contributed by atoms with Gasteiger partial charge in [0.2, 0.25) is 0 Å². The fourth-order valence-electron chi connectivity index (χ4n) is 1.39. The molecule has 3 N–H and O–H groups in total. The lowest BCUT2D eigenvalue weighted by atomic mass is 10.1. The van der Waals surface area contributed by atoms with Crippen molar-refractivity contribution in [2.45, 2.75) is 12.5 Å². The van der Waals surface area contributed by atoms with Gasteiger partial charge < -0.3 is 20.3 Å². The van der Waals surface area contributed by atoms with Crippen molar-refractivity contribution in [1.82, 2.24) is 5.32 Å². The summed E-state index contributed by atoms with van der Waals surface area (Å²) in [7, 11) is 1.55. The van der Waals surface area contributed by atoms with Crippen LogP contribution in [0, 0.1) is 0 Å². The second-order valence-corrected chi connectivity index (χ2v) is 4.21. The van der Waals surface area contributed by atoms with Crippen LogP contribution in [-0.4, -0.2) is 42.5 Å². The predicted molar refractivity (Wildman–Crippen MR) is 67.9 cm³/mol. The molecule has 1 rings (SSSR count). The van der Waals surface area contributed by atoms with Gasteiger partial charge in [-0.2, -0.15) is 0 Å². The molecule has 0 saturated carbocycles. The van der Waals surface area contributed by atoms with Crippen LogP contribution in [0.5, 0.6) is 5.75 Å². The van der Waals surface area contributed by atoms with E-state index < -0.39 is 0 Å². The van der Waals surface area contributed by atoms with E-state index in [1.54, 1.807) is 7.11 Å². The zero-order chi connectivity index (χ0) is 13.5. The molecule has 1 unspecified atom stereocenters. The molecule has 0 fully saturated rings. The minimum absolute atomic E-state index is 0.0775. The first-order valence-corrected chi connectivity index (χ1v) is 5.85. The zero-order valence-corrected chi connectivity index (χ0v) is 10.8. The monoisotopic (exact) mass is 273 g/mol. The number of phenols is 1. The van der Waals surface area contributed by atoms with Gasteiger partial charge in [0.15, 0.2) is 0 Å². The van der Waals surface area contributed by atoms with Gasteiger partial charge in [0.05, 0.1) is 17.7 Å². The molecule has 5 nitrogen and oxygen atoms in total. The number of aliphatic hydroxyl groups is 1. The molecule has 6 heteroatoms. The molecule has 0 radical (unpaired) electrons. The van der Waals surface area contributed by atoms with E-state index >= 15 is 0 Å². The summed E-state index contributed by atoms with van der Waals surface area (Å²) < 4.78 is 4.88. The summed E-state index contributed by atoms with van der Waals surface area (Å²) in [4.78, 5) is 11.8. The summed E-state index contributed by atoms with van der Waals surface area (Å²) in [5.74, 6) is -0.432. The van der Waals surface area contributed by atoms with Crippen LogP contribution in [0.1, 0.15) is 16.8 Å². The van der Waals surface area contributed by atoms with Crippen LogP contribution >= 0.6 is 11.6 Å². The molecule has 0 bridgehead atoms. The van der Waals surface area contributed by atoms with Gasteiger partial charge in [-0.25, -0.2) is 0 Å². The van der Waals surface area contributed by atoms with E-state index in [0.717, 1.165) is 0 Å². The maximum absolute atomic E-state index is 11.8. The highest BCUT2D eigenvalue weighted by molar-refractivity contribution is 6.32. The number of hydrogen-bond acceptors (Lipinski definition) is 4. The molecular formula is C12H16ClNO4. The number of carbonyl (C=O) groups is 1. The number of methoxy groups -OCH3 is 1. The molecule has 1 aromatic rings. The lowest BCUT2D eigenvalue weighted by Crippen LogP contribution is -2.38. The Balaban J connectivity index is 2.65. The van der Waals surface area contributed by atoms with Crippen molar-refractivity contribution in [2.24, 2.45) is 0 Å². The van der Waals surface area contributed by atoms with Crippen molar-refractivity contribution in [2.75, 3.05) is 20.3 Å². The van der Waals surface area contributed by atoms with Crippen LogP contribution in [0.4, 0.5) is 0 Å². The maximum Gasteiger partial charge on any atom is 0.251 e. The van der Waals surface area contributed by atoms with Gasteiger partial charge in [0.1, 0.15) is 5.75 Å². The fourth-order valence-corrected chi connectivity index (χ4v) is 1.57. The van der Waals surface area contributed by atoms with Crippen LogP contribution in [0.15, 0.2) is 18.2 Å². The standard InChI is InChI=1S/C12H16ClNO4/c1-18-5-4-9(7-15)14-12(17)8-2-3-11(16)10(13)6-8/h2-3,6,9,15-16H,4-5,7H2,1H3,(H,14,17). The lowest BCUT2D eigenvalue weighted by Gasteiger charge is -2.15. The molecular weight excluding hydrogens is 258 g/mol. The smallest absolute Gasteiger partial charge is 0.251 e. The van der Waals surface area contributed by atoms with Crippen molar-refractivity contribution in [1.29, 1.82) is 0 Å². The van der Waals surface area contributed by atoms with E-state index in [4.69, 9.17) is 21.4 Å². The largest absolute Gasteiger partial charge is 0.506 e. The molecule has 0 saturated heterocycles. The number of halogens is 1. The number of phenolic OH excluding ortho intramolecular Hbond substituents is 1. The van der Waals surface area contributed by atoms with Gasteiger partial charge in [-0.3, -0.25) is 4.79 Å². The van der Waals surface area contributed by atoms with E-state index in [1.807, 2.05) is 0 Å². The highest BCUT2D eigenvalue weighted by Gasteiger charge is 2.13. The second-order valence-electron chi connectivity index (χ2n) is 3.80. The van der Waals surface area contributed by atoms with E-state index in [1.165, 1.54) is 18.2 Å². The van der Waals surface area contributed by atoms with Crippen molar-refractivity contribution < 1.29 is 19.7 Å².